The van der Waals surface area contributed by atoms with Gasteiger partial charge in [0.2, 0.25) is 5.95 Å². The molecule has 220 valence electrons. The Balaban J connectivity index is 1.18. The number of methoxy groups -OCH3 is 2. The summed E-state index contributed by atoms with van der Waals surface area (Å²) < 4.78 is 11.2. The van der Waals surface area contributed by atoms with Crippen LogP contribution in [0.5, 0.6) is 11.5 Å². The number of anilines is 3. The molecule has 0 atom stereocenters. The zero-order chi connectivity index (χ0) is 28.9. The van der Waals surface area contributed by atoms with Gasteiger partial charge in [0, 0.05) is 74.5 Å². The van der Waals surface area contributed by atoms with Gasteiger partial charge < -0.3 is 24.6 Å². The Hall–Kier alpha value is -2.78. The predicted octanol–water partition coefficient (Wildman–Crippen LogP) is 5.85. The van der Waals surface area contributed by atoms with Crippen molar-refractivity contribution in [2.75, 3.05) is 70.8 Å². The highest BCUT2D eigenvalue weighted by molar-refractivity contribution is 6.37. The number of aromatic nitrogens is 2. The van der Waals surface area contributed by atoms with E-state index in [2.05, 4.69) is 49.2 Å². The molecule has 5 rings (SSSR count). The summed E-state index contributed by atoms with van der Waals surface area (Å²) in [6.45, 7) is 8.72. The van der Waals surface area contributed by atoms with Gasteiger partial charge in [-0.05, 0) is 74.5 Å². The van der Waals surface area contributed by atoms with Crippen LogP contribution in [0, 0.1) is 6.92 Å². The average Bonchev–Trinajstić information content (AvgIpc) is 3.00. The Morgan fingerprint density at radius 2 is 1.56 bits per heavy atom. The molecule has 41 heavy (non-hydrogen) atoms. The summed E-state index contributed by atoms with van der Waals surface area (Å²) in [5.74, 6) is 2.02. The van der Waals surface area contributed by atoms with Crippen molar-refractivity contribution < 1.29 is 9.47 Å². The van der Waals surface area contributed by atoms with Crippen LogP contribution in [0.4, 0.5) is 17.3 Å². The molecule has 0 unspecified atom stereocenters. The summed E-state index contributed by atoms with van der Waals surface area (Å²) in [4.78, 5) is 16.6. The van der Waals surface area contributed by atoms with Crippen molar-refractivity contribution in [3.63, 3.8) is 0 Å². The fourth-order valence-corrected chi connectivity index (χ4v) is 6.41. The second-order valence-electron chi connectivity index (χ2n) is 11.0. The number of nitrogens with zero attached hydrogens (tertiary/aromatic N) is 5. The summed E-state index contributed by atoms with van der Waals surface area (Å²) >= 11 is 13.1. The lowest BCUT2D eigenvalue weighted by molar-refractivity contribution is 0.0981. The minimum atomic E-state index is 0.532. The highest BCUT2D eigenvalue weighted by Gasteiger charge is 2.27. The molecular weight excluding hydrogens is 559 g/mol. The first-order chi connectivity index (χ1) is 19.9. The molecule has 1 N–H and O–H groups in total. The molecule has 8 nitrogen and oxygen atoms in total. The molecule has 2 aliphatic rings. The minimum absolute atomic E-state index is 0.532. The van der Waals surface area contributed by atoms with Gasteiger partial charge >= 0.3 is 0 Å². The van der Waals surface area contributed by atoms with Crippen LogP contribution >= 0.6 is 23.2 Å². The lowest BCUT2D eigenvalue weighted by Crippen LogP contribution is -2.52. The van der Waals surface area contributed by atoms with Gasteiger partial charge in [-0.3, -0.25) is 4.90 Å². The maximum atomic E-state index is 6.54. The SMILES string of the molecule is COc1cc(Nc2ncc(CCc3c(Cl)c(C)cc(OC)c3Cl)cn2)ccc1N1CCC(N2CCN(C)CC2)CC1. The number of likely N-dealkylation sites (N-methyl/N-ethyl adjacent to an activating group) is 1. The summed E-state index contributed by atoms with van der Waals surface area (Å²) in [6.07, 6.45) is 7.41. The van der Waals surface area contributed by atoms with Crippen LogP contribution in [0.3, 0.4) is 0 Å². The highest BCUT2D eigenvalue weighted by Crippen LogP contribution is 2.37. The molecule has 2 aliphatic heterocycles. The maximum absolute atomic E-state index is 6.54. The quantitative estimate of drug-likeness (QED) is 0.329. The third-order valence-corrected chi connectivity index (χ3v) is 9.26. The minimum Gasteiger partial charge on any atom is -0.495 e. The molecule has 0 radical (unpaired) electrons. The van der Waals surface area contributed by atoms with Crippen molar-refractivity contribution >= 4 is 40.5 Å². The van der Waals surface area contributed by atoms with Gasteiger partial charge in [0.25, 0.3) is 0 Å². The molecule has 0 saturated carbocycles. The van der Waals surface area contributed by atoms with E-state index >= 15 is 0 Å². The first kappa shape index (κ1) is 29.7. The van der Waals surface area contributed by atoms with Crippen molar-refractivity contribution in [2.24, 2.45) is 0 Å². The van der Waals surface area contributed by atoms with E-state index in [1.807, 2.05) is 31.5 Å². The van der Waals surface area contributed by atoms with Crippen molar-refractivity contribution in [1.29, 1.82) is 0 Å². The van der Waals surface area contributed by atoms with Gasteiger partial charge in [-0.25, -0.2) is 9.97 Å². The standard InChI is InChI=1S/C31H40Cl2N6O2/c1-21-17-28(41-4)30(33)25(29(21)32)7-5-22-19-34-31(35-20-22)36-23-6-8-26(27(18-23)40-3)39-11-9-24(10-12-39)38-15-13-37(2)14-16-38/h6,8,17-20,24H,5,7,9-16H2,1-4H3,(H,34,35,36). The van der Waals surface area contributed by atoms with Crippen LogP contribution in [0.25, 0.3) is 0 Å². The maximum Gasteiger partial charge on any atom is 0.227 e. The second kappa shape index (κ2) is 13.5. The van der Waals surface area contributed by atoms with Crippen LogP contribution in [0.1, 0.15) is 29.5 Å². The van der Waals surface area contributed by atoms with Crippen LogP contribution in [0.2, 0.25) is 10.0 Å². The number of aryl methyl sites for hydroxylation is 2. The van der Waals surface area contributed by atoms with Crippen molar-refractivity contribution in [3.05, 3.63) is 63.4 Å². The number of halogens is 2. The van der Waals surface area contributed by atoms with E-state index in [0.29, 0.717) is 40.6 Å². The first-order valence-electron chi connectivity index (χ1n) is 14.3. The molecule has 0 bridgehead atoms. The van der Waals surface area contributed by atoms with E-state index in [-0.39, 0.29) is 0 Å². The topological polar surface area (TPSA) is 66.0 Å². The molecule has 0 amide bonds. The Bertz CT molecular complexity index is 1320. The first-order valence-corrected chi connectivity index (χ1v) is 15.1. The average molecular weight is 600 g/mol. The van der Waals surface area contributed by atoms with Crippen LogP contribution in [-0.2, 0) is 12.8 Å². The summed E-state index contributed by atoms with van der Waals surface area (Å²) in [5.41, 5.74) is 4.84. The van der Waals surface area contributed by atoms with Gasteiger partial charge in [0.15, 0.2) is 0 Å². The largest absolute Gasteiger partial charge is 0.495 e. The molecule has 0 aliphatic carbocycles. The molecule has 3 heterocycles. The number of benzene rings is 2. The van der Waals surface area contributed by atoms with Crippen molar-refractivity contribution in [2.45, 2.75) is 38.6 Å². The van der Waals surface area contributed by atoms with E-state index in [0.717, 1.165) is 46.9 Å². The van der Waals surface area contributed by atoms with Gasteiger partial charge in [0.05, 0.1) is 24.9 Å². The highest BCUT2D eigenvalue weighted by atomic mass is 35.5. The molecule has 1 aromatic heterocycles. The third kappa shape index (κ3) is 7.00. The van der Waals surface area contributed by atoms with E-state index < -0.39 is 0 Å². The zero-order valence-electron chi connectivity index (χ0n) is 24.4. The van der Waals surface area contributed by atoms with Gasteiger partial charge in [-0.1, -0.05) is 23.2 Å². The van der Waals surface area contributed by atoms with Crippen LogP contribution in [0.15, 0.2) is 36.7 Å². The van der Waals surface area contributed by atoms with Gasteiger partial charge in [-0.2, -0.15) is 0 Å². The molecule has 10 heteroatoms. The molecule has 2 aromatic carbocycles. The summed E-state index contributed by atoms with van der Waals surface area (Å²) in [5, 5.41) is 4.54. The fourth-order valence-electron chi connectivity index (χ4n) is 5.80. The Kier molecular flexibility index (Phi) is 9.75. The predicted molar refractivity (Wildman–Crippen MR) is 168 cm³/mol. The molecular formula is C31H40Cl2N6O2. The number of piperazine rings is 1. The Labute approximate surface area is 253 Å². The van der Waals surface area contributed by atoms with Gasteiger partial charge in [0.1, 0.15) is 11.5 Å². The Morgan fingerprint density at radius 3 is 2.22 bits per heavy atom. The second-order valence-corrected chi connectivity index (χ2v) is 11.7. The fraction of sp³-hybridized carbons (Fsp3) is 0.484. The van der Waals surface area contributed by atoms with E-state index in [4.69, 9.17) is 32.7 Å². The van der Waals surface area contributed by atoms with Crippen LogP contribution < -0.4 is 19.7 Å². The third-order valence-electron chi connectivity index (χ3n) is 8.32. The zero-order valence-corrected chi connectivity index (χ0v) is 25.9. The monoisotopic (exact) mass is 598 g/mol. The Morgan fingerprint density at radius 1 is 0.878 bits per heavy atom. The number of hydrogen-bond donors (Lipinski definition) is 1. The lowest BCUT2D eigenvalue weighted by atomic mass is 10.0. The smallest absolute Gasteiger partial charge is 0.227 e. The lowest BCUT2D eigenvalue weighted by Gasteiger charge is -2.42. The van der Waals surface area contributed by atoms with Crippen molar-refractivity contribution in [1.82, 2.24) is 19.8 Å². The number of rotatable bonds is 9. The number of nitrogens with one attached hydrogen (secondary N) is 1. The molecule has 2 fully saturated rings. The number of piperidine rings is 1. The van der Waals surface area contributed by atoms with E-state index in [9.17, 15) is 0 Å². The number of ether oxygens (including phenoxy) is 2. The normalized spacial score (nSPS) is 17.1. The summed E-state index contributed by atoms with van der Waals surface area (Å²) in [7, 11) is 5.55. The summed E-state index contributed by atoms with van der Waals surface area (Å²) in [6, 6.07) is 8.76. The van der Waals surface area contributed by atoms with E-state index in [1.54, 1.807) is 14.2 Å². The molecule has 0 spiro atoms. The number of hydrogen-bond acceptors (Lipinski definition) is 8. The van der Waals surface area contributed by atoms with E-state index in [1.165, 1.54) is 39.0 Å². The molecule has 2 saturated heterocycles. The van der Waals surface area contributed by atoms with Crippen LogP contribution in [-0.4, -0.2) is 86.3 Å². The van der Waals surface area contributed by atoms with Crippen molar-refractivity contribution in [3.8, 4) is 11.5 Å². The molecule has 3 aromatic rings. The van der Waals surface area contributed by atoms with Gasteiger partial charge in [-0.15, -0.1) is 0 Å².